The molecule has 6 nitrogen and oxygen atoms in total. The van der Waals surface area contributed by atoms with Crippen molar-refractivity contribution in [3.05, 3.63) is 0 Å². The van der Waals surface area contributed by atoms with Gasteiger partial charge in [0, 0.05) is 24.8 Å². The molecule has 0 saturated carbocycles. The van der Waals surface area contributed by atoms with E-state index in [9.17, 15) is 14.7 Å². The van der Waals surface area contributed by atoms with Crippen LogP contribution < -0.4 is 5.32 Å². The quantitative estimate of drug-likeness (QED) is 0.662. The Morgan fingerprint density at radius 2 is 2.24 bits per heavy atom. The summed E-state index contributed by atoms with van der Waals surface area (Å²) in [6, 6.07) is -1.37. The van der Waals surface area contributed by atoms with E-state index in [1.54, 1.807) is 11.8 Å². The number of urea groups is 1. The van der Waals surface area contributed by atoms with Crippen molar-refractivity contribution in [3.63, 3.8) is 0 Å². The Labute approximate surface area is 104 Å². The Hall–Kier alpha value is -0.950. The van der Waals surface area contributed by atoms with Gasteiger partial charge < -0.3 is 20.4 Å². The molecule has 0 aromatic rings. The number of carbonyl (C=O) groups is 2. The number of amides is 2. The molecule has 0 bridgehead atoms. The Kier molecular flexibility index (Phi) is 5.07. The molecule has 1 saturated heterocycles. The molecule has 2 amide bonds. The summed E-state index contributed by atoms with van der Waals surface area (Å²) in [6.07, 6.45) is 1.28. The largest absolute Gasteiger partial charge is 0.480 e. The zero-order chi connectivity index (χ0) is 13.0. The first kappa shape index (κ1) is 14.1. The SMILES string of the molecule is CSCC(C)NC(=O)N1C[C@H](O)C[C@H]1C(=O)O. The van der Waals surface area contributed by atoms with Crippen LogP contribution in [0.1, 0.15) is 13.3 Å². The predicted octanol–water partition coefficient (Wildman–Crippen LogP) is -0.0327. The van der Waals surface area contributed by atoms with E-state index in [1.165, 1.54) is 4.90 Å². The van der Waals surface area contributed by atoms with Gasteiger partial charge in [0.25, 0.3) is 0 Å². The number of aliphatic hydroxyl groups is 1. The normalized spacial score (nSPS) is 25.7. The van der Waals surface area contributed by atoms with Crippen molar-refractivity contribution in [2.24, 2.45) is 0 Å². The van der Waals surface area contributed by atoms with Gasteiger partial charge in [-0.15, -0.1) is 0 Å². The van der Waals surface area contributed by atoms with E-state index in [-0.39, 0.29) is 19.0 Å². The fraction of sp³-hybridized carbons (Fsp3) is 0.800. The van der Waals surface area contributed by atoms with Gasteiger partial charge >= 0.3 is 12.0 Å². The highest BCUT2D eigenvalue weighted by molar-refractivity contribution is 7.98. The molecular formula is C10H18N2O4S. The number of rotatable bonds is 4. The molecule has 1 fully saturated rings. The first-order chi connectivity index (χ1) is 7.95. The van der Waals surface area contributed by atoms with Crippen molar-refractivity contribution >= 4 is 23.8 Å². The molecule has 0 radical (unpaired) electrons. The van der Waals surface area contributed by atoms with Crippen LogP contribution in [0.2, 0.25) is 0 Å². The Balaban J connectivity index is 2.58. The third-order valence-corrected chi connectivity index (χ3v) is 3.44. The molecule has 1 rings (SSSR count). The summed E-state index contributed by atoms with van der Waals surface area (Å²) in [6.45, 7) is 1.94. The number of likely N-dealkylation sites (tertiary alicyclic amines) is 1. The minimum atomic E-state index is -1.07. The van der Waals surface area contributed by atoms with Crippen molar-refractivity contribution in [2.75, 3.05) is 18.6 Å². The van der Waals surface area contributed by atoms with Gasteiger partial charge in [-0.25, -0.2) is 9.59 Å². The number of nitrogens with zero attached hydrogens (tertiary/aromatic N) is 1. The van der Waals surface area contributed by atoms with Crippen molar-refractivity contribution in [3.8, 4) is 0 Å². The van der Waals surface area contributed by atoms with E-state index < -0.39 is 24.1 Å². The highest BCUT2D eigenvalue weighted by Gasteiger charge is 2.39. The summed E-state index contributed by atoms with van der Waals surface area (Å²) in [7, 11) is 0. The second-order valence-corrected chi connectivity index (χ2v) is 5.11. The first-order valence-corrected chi connectivity index (χ1v) is 6.82. The van der Waals surface area contributed by atoms with Crippen molar-refractivity contribution < 1.29 is 19.8 Å². The van der Waals surface area contributed by atoms with Crippen LogP contribution in [0.4, 0.5) is 4.79 Å². The number of aliphatic hydroxyl groups excluding tert-OH is 1. The van der Waals surface area contributed by atoms with Crippen molar-refractivity contribution in [1.82, 2.24) is 10.2 Å². The van der Waals surface area contributed by atoms with E-state index in [4.69, 9.17) is 5.11 Å². The van der Waals surface area contributed by atoms with Crippen LogP contribution in [0.25, 0.3) is 0 Å². The third kappa shape index (κ3) is 3.78. The molecule has 0 aromatic carbocycles. The number of β-amino-alcohol motifs (C(OH)–C–C–N with tert-alkyl or cyclic N) is 1. The maximum Gasteiger partial charge on any atom is 0.326 e. The number of hydrogen-bond donors (Lipinski definition) is 3. The number of carboxylic acids is 1. The topological polar surface area (TPSA) is 89.9 Å². The standard InChI is InChI=1S/C10H18N2O4S/c1-6(5-17-2)11-10(16)12-4-7(13)3-8(12)9(14)15/h6-8,13H,3-5H2,1-2H3,(H,11,16)(H,14,15)/t6?,7-,8+/m1/s1. The fourth-order valence-corrected chi connectivity index (χ4v) is 2.44. The van der Waals surface area contributed by atoms with E-state index in [0.717, 1.165) is 5.75 Å². The molecule has 1 aliphatic rings. The summed E-state index contributed by atoms with van der Waals surface area (Å²) in [5.74, 6) is -0.311. The van der Waals surface area contributed by atoms with E-state index in [2.05, 4.69) is 5.32 Å². The summed E-state index contributed by atoms with van der Waals surface area (Å²) in [5, 5.41) is 21.1. The molecule has 3 N–H and O–H groups in total. The molecule has 7 heteroatoms. The molecule has 1 unspecified atom stereocenters. The van der Waals surface area contributed by atoms with Gasteiger partial charge in [0.05, 0.1) is 6.10 Å². The summed E-state index contributed by atoms with van der Waals surface area (Å²) in [4.78, 5) is 23.9. The maximum atomic E-state index is 11.8. The number of hydrogen-bond acceptors (Lipinski definition) is 4. The molecule has 3 atom stereocenters. The Morgan fingerprint density at radius 1 is 1.59 bits per heavy atom. The maximum absolute atomic E-state index is 11.8. The molecule has 98 valence electrons. The number of aliphatic carboxylic acids is 1. The summed E-state index contributed by atoms with van der Waals surface area (Å²) >= 11 is 1.60. The van der Waals surface area contributed by atoms with Crippen molar-refractivity contribution in [2.45, 2.75) is 31.5 Å². The van der Waals surface area contributed by atoms with E-state index >= 15 is 0 Å². The highest BCUT2D eigenvalue weighted by Crippen LogP contribution is 2.18. The lowest BCUT2D eigenvalue weighted by molar-refractivity contribution is -0.141. The summed E-state index contributed by atoms with van der Waals surface area (Å²) in [5.41, 5.74) is 0. The fourth-order valence-electron chi connectivity index (χ4n) is 1.86. The van der Waals surface area contributed by atoms with Gasteiger partial charge in [0.15, 0.2) is 0 Å². The highest BCUT2D eigenvalue weighted by atomic mass is 32.2. The minimum absolute atomic E-state index is 0.0234. The lowest BCUT2D eigenvalue weighted by Gasteiger charge is -2.23. The average molecular weight is 262 g/mol. The second kappa shape index (κ2) is 6.11. The van der Waals surface area contributed by atoms with E-state index in [1.807, 2.05) is 13.2 Å². The molecule has 0 spiro atoms. The predicted molar refractivity (Wildman–Crippen MR) is 65.1 cm³/mol. The smallest absolute Gasteiger partial charge is 0.326 e. The monoisotopic (exact) mass is 262 g/mol. The van der Waals surface area contributed by atoms with Gasteiger partial charge in [0.2, 0.25) is 0 Å². The Bertz CT molecular complexity index is 300. The number of nitrogens with one attached hydrogen (secondary N) is 1. The van der Waals surface area contributed by atoms with Gasteiger partial charge in [-0.05, 0) is 13.2 Å². The average Bonchev–Trinajstić information content (AvgIpc) is 2.60. The molecule has 0 aromatic heterocycles. The molecule has 1 heterocycles. The first-order valence-electron chi connectivity index (χ1n) is 5.42. The lowest BCUT2D eigenvalue weighted by Crippen LogP contribution is -2.49. The zero-order valence-corrected chi connectivity index (χ0v) is 10.7. The number of carboxylic acid groups (broad SMARTS) is 1. The van der Waals surface area contributed by atoms with Crippen molar-refractivity contribution in [1.29, 1.82) is 0 Å². The van der Waals surface area contributed by atoms with E-state index in [0.29, 0.717) is 0 Å². The third-order valence-electron chi connectivity index (χ3n) is 2.61. The van der Waals surface area contributed by atoms with Gasteiger partial charge in [-0.1, -0.05) is 0 Å². The second-order valence-electron chi connectivity index (χ2n) is 4.20. The molecule has 17 heavy (non-hydrogen) atoms. The van der Waals surface area contributed by atoms with Gasteiger partial charge in [-0.2, -0.15) is 11.8 Å². The lowest BCUT2D eigenvalue weighted by atomic mass is 10.2. The van der Waals surface area contributed by atoms with Gasteiger partial charge in [0.1, 0.15) is 6.04 Å². The summed E-state index contributed by atoms with van der Waals surface area (Å²) < 4.78 is 0. The number of carbonyl (C=O) groups excluding carboxylic acids is 1. The zero-order valence-electron chi connectivity index (χ0n) is 9.92. The van der Waals surface area contributed by atoms with Crippen LogP contribution >= 0.6 is 11.8 Å². The van der Waals surface area contributed by atoms with Crippen LogP contribution in [0.3, 0.4) is 0 Å². The van der Waals surface area contributed by atoms with Crippen LogP contribution in [-0.2, 0) is 4.79 Å². The number of thioether (sulfide) groups is 1. The minimum Gasteiger partial charge on any atom is -0.480 e. The van der Waals surface area contributed by atoms with Crippen LogP contribution in [0, 0.1) is 0 Å². The van der Waals surface area contributed by atoms with Gasteiger partial charge in [-0.3, -0.25) is 0 Å². The molecule has 0 aliphatic carbocycles. The Morgan fingerprint density at radius 3 is 2.76 bits per heavy atom. The molecule has 1 aliphatic heterocycles. The van der Waals surface area contributed by atoms with Crippen LogP contribution in [-0.4, -0.2) is 63.9 Å². The van der Waals surface area contributed by atoms with Crippen LogP contribution in [0.5, 0.6) is 0 Å². The van der Waals surface area contributed by atoms with Crippen LogP contribution in [0.15, 0.2) is 0 Å². The molecular weight excluding hydrogens is 244 g/mol.